The fraction of sp³-hybridized carbons (Fsp3) is 0.312. The molecule has 2 N–H and O–H groups in total. The van der Waals surface area contributed by atoms with Crippen LogP contribution in [0.2, 0.25) is 23.2 Å². The molecule has 0 aliphatic rings. The molecular weight excluding hydrogens is 566 g/mol. The highest BCUT2D eigenvalue weighted by Crippen LogP contribution is 2.40. The second-order valence-electron chi connectivity index (χ2n) is 11.7. The molecule has 4 aromatic rings. The zero-order chi connectivity index (χ0) is 30.7. The lowest BCUT2D eigenvalue weighted by Crippen LogP contribution is -2.45. The molecule has 0 aliphatic carbocycles. The van der Waals surface area contributed by atoms with Gasteiger partial charge in [-0.25, -0.2) is 4.85 Å². The maximum Gasteiger partial charge on any atom is 0.255 e. The SMILES string of the molecule is [C-]#[N+]c1ccc(N[C@@H](c2nnc(-c3ccc(NC(=O)c4ccccc4)cc3)o2)[C@H](C)O[Si](C)(C)C(C)(C)C)c(C)c1Cl. The summed E-state index contributed by atoms with van der Waals surface area (Å²) in [5, 5.41) is 15.5. The van der Waals surface area contributed by atoms with Gasteiger partial charge in [0.2, 0.25) is 17.5 Å². The average molecular weight is 602 g/mol. The number of aromatic nitrogens is 2. The molecule has 0 saturated carbocycles. The summed E-state index contributed by atoms with van der Waals surface area (Å²) in [5.41, 5.74) is 3.84. The van der Waals surface area contributed by atoms with Gasteiger partial charge in [0.15, 0.2) is 8.32 Å². The molecule has 4 rings (SSSR count). The molecular formula is C32H36ClN5O3Si. The van der Waals surface area contributed by atoms with Crippen molar-refractivity contribution in [3.8, 4) is 11.5 Å². The highest BCUT2D eigenvalue weighted by molar-refractivity contribution is 6.74. The van der Waals surface area contributed by atoms with Crippen LogP contribution in [0.5, 0.6) is 0 Å². The molecule has 2 atom stereocenters. The second kappa shape index (κ2) is 12.5. The Labute approximate surface area is 253 Å². The Morgan fingerprint density at radius 2 is 1.71 bits per heavy atom. The molecule has 0 fully saturated rings. The van der Waals surface area contributed by atoms with Crippen molar-refractivity contribution in [1.29, 1.82) is 0 Å². The van der Waals surface area contributed by atoms with Crippen LogP contribution >= 0.6 is 11.6 Å². The number of carbonyl (C=O) groups is 1. The van der Waals surface area contributed by atoms with Crippen molar-refractivity contribution in [2.75, 3.05) is 10.6 Å². The quantitative estimate of drug-likeness (QED) is 0.147. The summed E-state index contributed by atoms with van der Waals surface area (Å²) >= 11 is 6.48. The Kier molecular flexibility index (Phi) is 9.21. The van der Waals surface area contributed by atoms with Crippen LogP contribution in [-0.4, -0.2) is 30.5 Å². The smallest absolute Gasteiger partial charge is 0.255 e. The lowest BCUT2D eigenvalue weighted by molar-refractivity contribution is 0.102. The van der Waals surface area contributed by atoms with Gasteiger partial charge in [0.05, 0.1) is 17.7 Å². The number of anilines is 2. The fourth-order valence-electron chi connectivity index (χ4n) is 4.14. The highest BCUT2D eigenvalue weighted by atomic mass is 35.5. The van der Waals surface area contributed by atoms with Crippen LogP contribution in [0.4, 0.5) is 17.1 Å². The summed E-state index contributed by atoms with van der Waals surface area (Å²) in [6.07, 6.45) is -0.325. The van der Waals surface area contributed by atoms with Crippen molar-refractivity contribution < 1.29 is 13.6 Å². The third kappa shape index (κ3) is 6.90. The van der Waals surface area contributed by atoms with Gasteiger partial charge in [-0.1, -0.05) is 56.6 Å². The first-order chi connectivity index (χ1) is 19.8. The van der Waals surface area contributed by atoms with E-state index in [0.29, 0.717) is 39.3 Å². The van der Waals surface area contributed by atoms with Crippen LogP contribution in [0.1, 0.15) is 55.5 Å². The Hall–Kier alpha value is -3.97. The van der Waals surface area contributed by atoms with Gasteiger partial charge in [-0.05, 0) is 80.0 Å². The summed E-state index contributed by atoms with van der Waals surface area (Å²) in [6, 6.07) is 19.3. The molecule has 0 spiro atoms. The van der Waals surface area contributed by atoms with Gasteiger partial charge in [-0.15, -0.1) is 10.2 Å². The number of amides is 1. The van der Waals surface area contributed by atoms with Crippen LogP contribution < -0.4 is 10.6 Å². The zero-order valence-electron chi connectivity index (χ0n) is 24.9. The van der Waals surface area contributed by atoms with E-state index in [-0.39, 0.29) is 17.0 Å². The Morgan fingerprint density at radius 3 is 2.33 bits per heavy atom. The third-order valence-corrected chi connectivity index (χ3v) is 12.7. The summed E-state index contributed by atoms with van der Waals surface area (Å²) in [7, 11) is -2.15. The predicted molar refractivity (Wildman–Crippen MR) is 171 cm³/mol. The standard InChI is InChI=1S/C32H36ClN5O3Si/c1-20-25(18-19-26(34-6)27(20)33)36-28(21(2)41-42(7,8)32(3,4)5)31-38-37-30(40-31)23-14-16-24(17-15-23)35-29(39)22-12-10-9-11-13-22/h9-19,21,28,36H,1-5,7-8H3,(H,35,39)/t21-,28+/m0/s1. The van der Waals surface area contributed by atoms with E-state index >= 15 is 0 Å². The zero-order valence-corrected chi connectivity index (χ0v) is 26.7. The van der Waals surface area contributed by atoms with E-state index in [4.69, 9.17) is 27.0 Å². The van der Waals surface area contributed by atoms with E-state index < -0.39 is 14.4 Å². The van der Waals surface area contributed by atoms with Crippen LogP contribution in [0.15, 0.2) is 71.1 Å². The summed E-state index contributed by atoms with van der Waals surface area (Å²) in [5.74, 6) is 0.519. The van der Waals surface area contributed by atoms with Gasteiger partial charge in [0, 0.05) is 22.5 Å². The molecule has 218 valence electrons. The van der Waals surface area contributed by atoms with Crippen molar-refractivity contribution >= 4 is 42.9 Å². The van der Waals surface area contributed by atoms with Crippen LogP contribution in [0, 0.1) is 13.5 Å². The molecule has 1 heterocycles. The maximum absolute atomic E-state index is 12.5. The number of carbonyl (C=O) groups excluding carboxylic acids is 1. The number of halogens is 1. The first kappa shape index (κ1) is 31.0. The molecule has 8 nitrogen and oxygen atoms in total. The molecule has 1 aromatic heterocycles. The molecule has 0 unspecified atom stereocenters. The summed E-state index contributed by atoms with van der Waals surface area (Å²) < 4.78 is 12.9. The predicted octanol–water partition coefficient (Wildman–Crippen LogP) is 9.07. The average Bonchev–Trinajstić information content (AvgIpc) is 3.43. The van der Waals surface area contributed by atoms with E-state index in [1.807, 2.05) is 50.2 Å². The van der Waals surface area contributed by atoms with Gasteiger partial charge in [-0.3, -0.25) is 4.79 Å². The number of nitrogens with zero attached hydrogens (tertiary/aromatic N) is 3. The third-order valence-electron chi connectivity index (χ3n) is 7.69. The van der Waals surface area contributed by atoms with E-state index in [1.54, 1.807) is 30.3 Å². The first-order valence-electron chi connectivity index (χ1n) is 13.7. The lowest BCUT2D eigenvalue weighted by atomic mass is 10.1. The van der Waals surface area contributed by atoms with Crippen molar-refractivity contribution in [1.82, 2.24) is 10.2 Å². The van der Waals surface area contributed by atoms with Crippen LogP contribution in [-0.2, 0) is 4.43 Å². The van der Waals surface area contributed by atoms with E-state index in [2.05, 4.69) is 59.5 Å². The normalized spacial score (nSPS) is 13.2. The first-order valence-corrected chi connectivity index (χ1v) is 17.0. The molecule has 3 aromatic carbocycles. The fourth-order valence-corrected chi connectivity index (χ4v) is 5.76. The van der Waals surface area contributed by atoms with Crippen molar-refractivity contribution in [3.05, 3.63) is 100 Å². The lowest BCUT2D eigenvalue weighted by Gasteiger charge is -2.40. The van der Waals surface area contributed by atoms with Crippen LogP contribution in [0.3, 0.4) is 0 Å². The molecule has 0 radical (unpaired) electrons. The minimum Gasteiger partial charge on any atom is -0.418 e. The number of nitrogens with one attached hydrogen (secondary N) is 2. The van der Waals surface area contributed by atoms with Gasteiger partial charge < -0.3 is 19.5 Å². The summed E-state index contributed by atoms with van der Waals surface area (Å²) in [4.78, 5) is 16.0. The molecule has 1 amide bonds. The van der Waals surface area contributed by atoms with Gasteiger partial charge in [-0.2, -0.15) is 0 Å². The maximum atomic E-state index is 12.5. The Bertz CT molecular complexity index is 1590. The van der Waals surface area contributed by atoms with E-state index in [9.17, 15) is 4.79 Å². The second-order valence-corrected chi connectivity index (χ2v) is 16.9. The number of hydrogen-bond donors (Lipinski definition) is 2. The van der Waals surface area contributed by atoms with Gasteiger partial charge >= 0.3 is 0 Å². The minimum absolute atomic E-state index is 0.00000839. The molecule has 42 heavy (non-hydrogen) atoms. The van der Waals surface area contributed by atoms with Crippen molar-refractivity contribution in [2.24, 2.45) is 0 Å². The van der Waals surface area contributed by atoms with Gasteiger partial charge in [0.1, 0.15) is 6.04 Å². The van der Waals surface area contributed by atoms with Gasteiger partial charge in [0.25, 0.3) is 5.91 Å². The monoisotopic (exact) mass is 601 g/mol. The highest BCUT2D eigenvalue weighted by Gasteiger charge is 2.41. The molecule has 0 bridgehead atoms. The Balaban J connectivity index is 1.61. The minimum atomic E-state index is -2.15. The van der Waals surface area contributed by atoms with Crippen LogP contribution in [0.25, 0.3) is 16.3 Å². The molecule has 10 heteroatoms. The molecule has 0 aliphatic heterocycles. The summed E-state index contributed by atoms with van der Waals surface area (Å²) in [6.45, 7) is 22.2. The number of rotatable bonds is 9. The van der Waals surface area contributed by atoms with E-state index in [0.717, 1.165) is 11.3 Å². The Morgan fingerprint density at radius 1 is 1.05 bits per heavy atom. The van der Waals surface area contributed by atoms with Crippen molar-refractivity contribution in [3.63, 3.8) is 0 Å². The largest absolute Gasteiger partial charge is 0.418 e. The van der Waals surface area contributed by atoms with E-state index in [1.165, 1.54) is 0 Å². The molecule has 0 saturated heterocycles. The number of benzene rings is 3. The topological polar surface area (TPSA) is 93.6 Å². The van der Waals surface area contributed by atoms with Crippen molar-refractivity contribution in [2.45, 2.75) is 64.9 Å². The number of hydrogen-bond acceptors (Lipinski definition) is 6.